The smallest absolute Gasteiger partial charge is 0.321 e. The number of ether oxygens (including phenoxy) is 1. The molecular formula is C19H22N6O5. The highest BCUT2D eigenvalue weighted by Gasteiger charge is 2.46. The summed E-state index contributed by atoms with van der Waals surface area (Å²) in [5.74, 6) is -0.882. The third-order valence-electron chi connectivity index (χ3n) is 5.19. The Hall–Kier alpha value is -3.12. The van der Waals surface area contributed by atoms with Crippen molar-refractivity contribution in [1.29, 1.82) is 0 Å². The van der Waals surface area contributed by atoms with Gasteiger partial charge < -0.3 is 25.8 Å². The van der Waals surface area contributed by atoms with Gasteiger partial charge in [0.25, 0.3) is 0 Å². The van der Waals surface area contributed by atoms with Crippen molar-refractivity contribution in [2.75, 3.05) is 12.3 Å². The van der Waals surface area contributed by atoms with Gasteiger partial charge in [-0.1, -0.05) is 30.3 Å². The number of carbonyl (C=O) groups is 1. The molecule has 30 heavy (non-hydrogen) atoms. The molecule has 0 spiro atoms. The van der Waals surface area contributed by atoms with Crippen LogP contribution < -0.4 is 11.1 Å². The number of fused-ring (bicyclic) bond motifs is 1. The molecule has 3 aromatic rings. The maximum absolute atomic E-state index is 11.9. The molecule has 1 fully saturated rings. The molecule has 1 aliphatic heterocycles. The third kappa shape index (κ3) is 3.71. The summed E-state index contributed by atoms with van der Waals surface area (Å²) in [7, 11) is 0. The lowest BCUT2D eigenvalue weighted by Crippen LogP contribution is -2.52. The van der Waals surface area contributed by atoms with Crippen LogP contribution in [0.15, 0.2) is 43.0 Å². The number of carboxylic acids is 1. The molecule has 1 saturated heterocycles. The van der Waals surface area contributed by atoms with E-state index in [-0.39, 0.29) is 12.2 Å². The van der Waals surface area contributed by atoms with Crippen LogP contribution in [-0.4, -0.2) is 71.7 Å². The average Bonchev–Trinajstić information content (AvgIpc) is 3.30. The number of aliphatic carboxylic acids is 1. The predicted octanol–water partition coefficient (Wildman–Crippen LogP) is -0.687. The van der Waals surface area contributed by atoms with E-state index in [0.717, 1.165) is 5.56 Å². The van der Waals surface area contributed by atoms with Gasteiger partial charge in [0.05, 0.1) is 19.0 Å². The number of hydrogen-bond donors (Lipinski definition) is 5. The van der Waals surface area contributed by atoms with Crippen molar-refractivity contribution in [2.24, 2.45) is 0 Å². The highest BCUT2D eigenvalue weighted by Crippen LogP contribution is 2.32. The van der Waals surface area contributed by atoms with Gasteiger partial charge in [0, 0.05) is 0 Å². The van der Waals surface area contributed by atoms with Crippen LogP contribution in [0.3, 0.4) is 0 Å². The van der Waals surface area contributed by atoms with Gasteiger partial charge in [0.15, 0.2) is 17.7 Å². The number of aliphatic hydroxyl groups excluding tert-OH is 2. The van der Waals surface area contributed by atoms with E-state index < -0.39 is 43.1 Å². The molecule has 2 aromatic heterocycles. The SMILES string of the molecule is Nc1ncnc2c1ncn2[C@@H]1O[C@H](CO)[C@H](O)[C@H]1N[C@H](Cc1ccccc1)C(=O)O. The number of carboxylic acid groups (broad SMARTS) is 1. The van der Waals surface area contributed by atoms with Crippen molar-refractivity contribution >= 4 is 23.0 Å². The first-order valence-corrected chi connectivity index (χ1v) is 9.39. The van der Waals surface area contributed by atoms with Gasteiger partial charge in [-0.15, -0.1) is 0 Å². The lowest BCUT2D eigenvalue weighted by atomic mass is 10.0. The quantitative estimate of drug-likeness (QED) is 0.334. The van der Waals surface area contributed by atoms with E-state index in [0.29, 0.717) is 11.2 Å². The van der Waals surface area contributed by atoms with Crippen LogP contribution in [0.25, 0.3) is 11.2 Å². The second-order valence-electron chi connectivity index (χ2n) is 7.09. The molecule has 0 amide bonds. The fourth-order valence-corrected chi connectivity index (χ4v) is 3.67. The third-order valence-corrected chi connectivity index (χ3v) is 5.19. The number of imidazole rings is 1. The number of hydrogen-bond acceptors (Lipinski definition) is 9. The first-order valence-electron chi connectivity index (χ1n) is 9.39. The Morgan fingerprint density at radius 3 is 2.73 bits per heavy atom. The summed E-state index contributed by atoms with van der Waals surface area (Å²) in [5.41, 5.74) is 7.40. The normalized spacial score (nSPS) is 24.9. The first-order chi connectivity index (χ1) is 14.5. The summed E-state index contributed by atoms with van der Waals surface area (Å²) >= 11 is 0. The van der Waals surface area contributed by atoms with Crippen LogP contribution in [0.1, 0.15) is 11.8 Å². The maximum atomic E-state index is 11.9. The zero-order valence-electron chi connectivity index (χ0n) is 15.9. The lowest BCUT2D eigenvalue weighted by Gasteiger charge is -2.26. The number of benzene rings is 1. The monoisotopic (exact) mass is 414 g/mol. The van der Waals surface area contributed by atoms with Gasteiger partial charge in [-0.3, -0.25) is 14.7 Å². The fourth-order valence-electron chi connectivity index (χ4n) is 3.67. The number of aromatic nitrogens is 4. The van der Waals surface area contributed by atoms with Gasteiger partial charge in [-0.25, -0.2) is 15.0 Å². The Kier molecular flexibility index (Phi) is 5.59. The van der Waals surface area contributed by atoms with E-state index in [1.54, 1.807) is 4.57 Å². The van der Waals surface area contributed by atoms with Crippen molar-refractivity contribution in [2.45, 2.75) is 36.9 Å². The minimum absolute atomic E-state index is 0.188. The fraction of sp³-hybridized carbons (Fsp3) is 0.368. The van der Waals surface area contributed by atoms with Gasteiger partial charge in [0.1, 0.15) is 30.1 Å². The van der Waals surface area contributed by atoms with Crippen LogP contribution in [-0.2, 0) is 16.0 Å². The van der Waals surface area contributed by atoms with E-state index in [2.05, 4.69) is 20.3 Å². The number of aliphatic hydroxyl groups is 2. The standard InChI is InChI=1S/C19H22N6O5/c20-16-14-17(22-8-21-16)25(9-23-14)18-13(15(27)12(7-26)30-18)24-11(19(28)29)6-10-4-2-1-3-5-10/h1-5,8-9,11-13,15,18,24,26-27H,6-7H2,(H,28,29)(H2,20,21,22)/t11-,12-,13-,15+,18-/m1/s1. The van der Waals surface area contributed by atoms with E-state index >= 15 is 0 Å². The van der Waals surface area contributed by atoms with Gasteiger partial charge in [0.2, 0.25) is 0 Å². The Bertz CT molecular complexity index is 1030. The molecule has 6 N–H and O–H groups in total. The molecule has 5 atom stereocenters. The summed E-state index contributed by atoms with van der Waals surface area (Å²) in [4.78, 5) is 24.2. The highest BCUT2D eigenvalue weighted by atomic mass is 16.5. The summed E-state index contributed by atoms with van der Waals surface area (Å²) < 4.78 is 7.37. The zero-order valence-corrected chi connectivity index (χ0v) is 15.9. The number of rotatable bonds is 7. The van der Waals surface area contributed by atoms with Crippen molar-refractivity contribution in [3.63, 3.8) is 0 Å². The molecule has 0 unspecified atom stereocenters. The molecule has 11 heteroatoms. The molecule has 4 rings (SSSR count). The Morgan fingerprint density at radius 2 is 2.03 bits per heavy atom. The van der Waals surface area contributed by atoms with Crippen LogP contribution in [0, 0.1) is 0 Å². The molecule has 1 aliphatic rings. The predicted molar refractivity (Wildman–Crippen MR) is 105 cm³/mol. The van der Waals surface area contributed by atoms with Crippen LogP contribution in [0.5, 0.6) is 0 Å². The van der Waals surface area contributed by atoms with Crippen molar-refractivity contribution in [3.8, 4) is 0 Å². The number of anilines is 1. The topological polar surface area (TPSA) is 169 Å². The number of nitrogen functional groups attached to an aromatic ring is 1. The second-order valence-corrected chi connectivity index (χ2v) is 7.09. The van der Waals surface area contributed by atoms with Crippen LogP contribution in [0.2, 0.25) is 0 Å². The molecule has 1 aromatic carbocycles. The molecule has 158 valence electrons. The minimum Gasteiger partial charge on any atom is -0.480 e. The van der Waals surface area contributed by atoms with Crippen LogP contribution in [0.4, 0.5) is 5.82 Å². The molecule has 11 nitrogen and oxygen atoms in total. The molecule has 3 heterocycles. The van der Waals surface area contributed by atoms with E-state index in [1.165, 1.54) is 12.7 Å². The summed E-state index contributed by atoms with van der Waals surface area (Å²) in [6.45, 7) is -0.435. The Labute approximate surface area is 171 Å². The molecule has 0 radical (unpaired) electrons. The van der Waals surface area contributed by atoms with E-state index in [9.17, 15) is 20.1 Å². The van der Waals surface area contributed by atoms with Crippen molar-refractivity contribution in [3.05, 3.63) is 48.5 Å². The minimum atomic E-state index is -1.16. The summed E-state index contributed by atoms with van der Waals surface area (Å²) in [6, 6.07) is 7.32. The van der Waals surface area contributed by atoms with E-state index in [4.69, 9.17) is 10.5 Å². The van der Waals surface area contributed by atoms with Crippen LogP contribution >= 0.6 is 0 Å². The van der Waals surface area contributed by atoms with Gasteiger partial charge in [-0.2, -0.15) is 0 Å². The Balaban J connectivity index is 1.65. The molecular weight excluding hydrogens is 392 g/mol. The summed E-state index contributed by atoms with van der Waals surface area (Å²) in [5, 5.41) is 33.0. The lowest BCUT2D eigenvalue weighted by molar-refractivity contribution is -0.140. The summed E-state index contributed by atoms with van der Waals surface area (Å²) in [6.07, 6.45) is -0.00837. The Morgan fingerprint density at radius 1 is 1.27 bits per heavy atom. The zero-order chi connectivity index (χ0) is 21.3. The number of nitrogens with two attached hydrogens (primary N) is 1. The number of nitrogens with zero attached hydrogens (tertiary/aromatic N) is 4. The average molecular weight is 414 g/mol. The van der Waals surface area contributed by atoms with Gasteiger partial charge in [-0.05, 0) is 12.0 Å². The molecule has 0 saturated carbocycles. The molecule has 0 bridgehead atoms. The van der Waals surface area contributed by atoms with Gasteiger partial charge >= 0.3 is 5.97 Å². The first kappa shape index (κ1) is 20.2. The number of nitrogens with one attached hydrogen (secondary N) is 1. The van der Waals surface area contributed by atoms with Crippen molar-refractivity contribution in [1.82, 2.24) is 24.8 Å². The van der Waals surface area contributed by atoms with E-state index in [1.807, 2.05) is 30.3 Å². The molecule has 0 aliphatic carbocycles. The second kappa shape index (κ2) is 8.32. The maximum Gasteiger partial charge on any atom is 0.321 e. The highest BCUT2D eigenvalue weighted by molar-refractivity contribution is 5.81. The van der Waals surface area contributed by atoms with Crippen molar-refractivity contribution < 1.29 is 24.9 Å². The largest absolute Gasteiger partial charge is 0.480 e.